The molecule has 0 fully saturated rings. The first-order valence-corrected chi connectivity index (χ1v) is 6.92. The SMILES string of the molecule is CC(CCCCCOC(C)(C)C)OC(C)(C)C. The van der Waals surface area contributed by atoms with Crippen LogP contribution < -0.4 is 0 Å². The molecule has 2 heteroatoms. The van der Waals surface area contributed by atoms with Crippen molar-refractivity contribution in [2.75, 3.05) is 6.61 Å². The summed E-state index contributed by atoms with van der Waals surface area (Å²) in [5, 5.41) is 0. The minimum Gasteiger partial charge on any atom is -0.376 e. The second kappa shape index (κ2) is 7.38. The lowest BCUT2D eigenvalue weighted by molar-refractivity contribution is -0.0554. The normalized spacial score (nSPS) is 15.0. The summed E-state index contributed by atoms with van der Waals surface area (Å²) in [6.07, 6.45) is 5.11. The zero-order chi connectivity index (χ0) is 13.5. The molecule has 0 aromatic heterocycles. The van der Waals surface area contributed by atoms with Gasteiger partial charge in [-0.25, -0.2) is 0 Å². The summed E-state index contributed by atoms with van der Waals surface area (Å²) in [5.74, 6) is 0. The van der Waals surface area contributed by atoms with Gasteiger partial charge in [0.25, 0.3) is 0 Å². The topological polar surface area (TPSA) is 18.5 Å². The van der Waals surface area contributed by atoms with E-state index in [1.165, 1.54) is 12.8 Å². The number of unbranched alkanes of at least 4 members (excludes halogenated alkanes) is 2. The first-order chi connectivity index (χ1) is 7.60. The smallest absolute Gasteiger partial charge is 0.0602 e. The van der Waals surface area contributed by atoms with Gasteiger partial charge in [0, 0.05) is 6.61 Å². The van der Waals surface area contributed by atoms with Crippen LogP contribution in [0.2, 0.25) is 0 Å². The average molecular weight is 244 g/mol. The van der Waals surface area contributed by atoms with Gasteiger partial charge in [-0.1, -0.05) is 12.8 Å². The average Bonchev–Trinajstić information content (AvgIpc) is 2.06. The molecule has 0 bridgehead atoms. The Morgan fingerprint density at radius 3 is 1.88 bits per heavy atom. The molecule has 0 spiro atoms. The molecular weight excluding hydrogens is 212 g/mol. The van der Waals surface area contributed by atoms with Gasteiger partial charge in [-0.2, -0.15) is 0 Å². The third kappa shape index (κ3) is 13.9. The quantitative estimate of drug-likeness (QED) is 0.611. The van der Waals surface area contributed by atoms with Crippen molar-refractivity contribution >= 4 is 0 Å². The van der Waals surface area contributed by atoms with Crippen LogP contribution in [0.5, 0.6) is 0 Å². The van der Waals surface area contributed by atoms with Crippen molar-refractivity contribution in [3.05, 3.63) is 0 Å². The van der Waals surface area contributed by atoms with E-state index in [9.17, 15) is 0 Å². The van der Waals surface area contributed by atoms with Crippen molar-refractivity contribution < 1.29 is 9.47 Å². The highest BCUT2D eigenvalue weighted by molar-refractivity contribution is 4.63. The molecule has 0 aromatic carbocycles. The van der Waals surface area contributed by atoms with Gasteiger partial charge in [-0.15, -0.1) is 0 Å². The maximum Gasteiger partial charge on any atom is 0.0602 e. The predicted molar refractivity (Wildman–Crippen MR) is 74.5 cm³/mol. The van der Waals surface area contributed by atoms with Crippen LogP contribution in [0.25, 0.3) is 0 Å². The van der Waals surface area contributed by atoms with E-state index in [0.29, 0.717) is 6.10 Å². The van der Waals surface area contributed by atoms with E-state index in [1.807, 2.05) is 0 Å². The summed E-state index contributed by atoms with van der Waals surface area (Å²) < 4.78 is 11.6. The molecule has 0 radical (unpaired) electrons. The molecule has 104 valence electrons. The molecule has 0 saturated heterocycles. The van der Waals surface area contributed by atoms with E-state index in [1.54, 1.807) is 0 Å². The summed E-state index contributed by atoms with van der Waals surface area (Å²) >= 11 is 0. The van der Waals surface area contributed by atoms with E-state index in [-0.39, 0.29) is 11.2 Å². The fourth-order valence-electron chi connectivity index (χ4n) is 1.75. The van der Waals surface area contributed by atoms with E-state index < -0.39 is 0 Å². The van der Waals surface area contributed by atoms with Crippen LogP contribution in [0, 0.1) is 0 Å². The highest BCUT2D eigenvalue weighted by atomic mass is 16.5. The minimum absolute atomic E-state index is 0.00262. The van der Waals surface area contributed by atoms with Crippen LogP contribution in [-0.2, 0) is 9.47 Å². The van der Waals surface area contributed by atoms with Crippen molar-refractivity contribution in [1.29, 1.82) is 0 Å². The molecule has 0 heterocycles. The second-order valence-electron chi connectivity index (χ2n) is 6.85. The van der Waals surface area contributed by atoms with E-state index in [2.05, 4.69) is 48.5 Å². The second-order valence-corrected chi connectivity index (χ2v) is 6.85. The molecule has 2 nitrogen and oxygen atoms in total. The Kier molecular flexibility index (Phi) is 7.34. The fraction of sp³-hybridized carbons (Fsp3) is 1.00. The molecule has 17 heavy (non-hydrogen) atoms. The molecule has 0 aromatic rings. The van der Waals surface area contributed by atoms with Gasteiger partial charge in [0.2, 0.25) is 0 Å². The monoisotopic (exact) mass is 244 g/mol. The van der Waals surface area contributed by atoms with Gasteiger partial charge in [0.1, 0.15) is 0 Å². The van der Waals surface area contributed by atoms with E-state index >= 15 is 0 Å². The largest absolute Gasteiger partial charge is 0.376 e. The van der Waals surface area contributed by atoms with Crippen LogP contribution in [0.1, 0.15) is 74.1 Å². The molecule has 0 N–H and O–H groups in total. The lowest BCUT2D eigenvalue weighted by atomic mass is 10.1. The molecular formula is C15H32O2. The van der Waals surface area contributed by atoms with Crippen molar-refractivity contribution in [2.24, 2.45) is 0 Å². The van der Waals surface area contributed by atoms with E-state index in [0.717, 1.165) is 19.4 Å². The molecule has 0 aliphatic heterocycles. The first kappa shape index (κ1) is 16.9. The summed E-state index contributed by atoms with van der Waals surface area (Å²) in [5.41, 5.74) is -0.0165. The molecule has 0 saturated carbocycles. The Bertz CT molecular complexity index is 186. The molecule has 0 aliphatic carbocycles. The zero-order valence-corrected chi connectivity index (χ0v) is 12.9. The third-order valence-corrected chi connectivity index (χ3v) is 2.34. The summed E-state index contributed by atoms with van der Waals surface area (Å²) in [6.45, 7) is 15.7. The Morgan fingerprint density at radius 2 is 1.41 bits per heavy atom. The van der Waals surface area contributed by atoms with Crippen LogP contribution in [0.3, 0.4) is 0 Å². The Morgan fingerprint density at radius 1 is 0.824 bits per heavy atom. The van der Waals surface area contributed by atoms with Crippen LogP contribution in [0.4, 0.5) is 0 Å². The molecule has 0 aliphatic rings. The van der Waals surface area contributed by atoms with Gasteiger partial charge < -0.3 is 9.47 Å². The summed E-state index contributed by atoms with van der Waals surface area (Å²) in [4.78, 5) is 0. The van der Waals surface area contributed by atoms with Crippen molar-refractivity contribution in [1.82, 2.24) is 0 Å². The fourth-order valence-corrected chi connectivity index (χ4v) is 1.75. The Labute approximate surface area is 108 Å². The van der Waals surface area contributed by atoms with Gasteiger partial charge in [0.15, 0.2) is 0 Å². The van der Waals surface area contributed by atoms with Gasteiger partial charge in [-0.05, 0) is 61.3 Å². The molecule has 0 rings (SSSR count). The van der Waals surface area contributed by atoms with Crippen LogP contribution in [0.15, 0.2) is 0 Å². The zero-order valence-electron chi connectivity index (χ0n) is 12.9. The maximum absolute atomic E-state index is 5.87. The lowest BCUT2D eigenvalue weighted by Crippen LogP contribution is -2.25. The number of hydrogen-bond donors (Lipinski definition) is 0. The van der Waals surface area contributed by atoms with Gasteiger partial charge >= 0.3 is 0 Å². The highest BCUT2D eigenvalue weighted by Crippen LogP contribution is 2.15. The predicted octanol–water partition coefficient (Wildman–Crippen LogP) is 4.57. The van der Waals surface area contributed by atoms with Crippen molar-refractivity contribution in [3.8, 4) is 0 Å². The number of hydrogen-bond acceptors (Lipinski definition) is 2. The van der Waals surface area contributed by atoms with Crippen LogP contribution >= 0.6 is 0 Å². The number of rotatable bonds is 7. The lowest BCUT2D eigenvalue weighted by Gasteiger charge is -2.25. The summed E-state index contributed by atoms with van der Waals surface area (Å²) in [6, 6.07) is 0. The third-order valence-electron chi connectivity index (χ3n) is 2.34. The van der Waals surface area contributed by atoms with E-state index in [4.69, 9.17) is 9.47 Å². The van der Waals surface area contributed by atoms with Gasteiger partial charge in [-0.3, -0.25) is 0 Å². The summed E-state index contributed by atoms with van der Waals surface area (Å²) in [7, 11) is 0. The molecule has 1 unspecified atom stereocenters. The maximum atomic E-state index is 5.87. The molecule has 1 atom stereocenters. The standard InChI is InChI=1S/C15H32O2/c1-13(17-15(5,6)7)11-9-8-10-12-16-14(2,3)4/h13H,8-12H2,1-7H3. The Hall–Kier alpha value is -0.0800. The highest BCUT2D eigenvalue weighted by Gasteiger charge is 2.14. The van der Waals surface area contributed by atoms with Crippen LogP contribution in [-0.4, -0.2) is 23.9 Å². The van der Waals surface area contributed by atoms with Crippen molar-refractivity contribution in [2.45, 2.75) is 91.5 Å². The Balaban J connectivity index is 3.40. The van der Waals surface area contributed by atoms with Crippen molar-refractivity contribution in [3.63, 3.8) is 0 Å². The molecule has 0 amide bonds. The minimum atomic E-state index is -0.0191. The van der Waals surface area contributed by atoms with Gasteiger partial charge in [0.05, 0.1) is 17.3 Å². The number of ether oxygens (including phenoxy) is 2. The first-order valence-electron chi connectivity index (χ1n) is 6.92.